The van der Waals surface area contributed by atoms with Crippen LogP contribution in [0.4, 0.5) is 25.1 Å². The summed E-state index contributed by atoms with van der Waals surface area (Å²) in [5, 5.41) is 9.51. The van der Waals surface area contributed by atoms with E-state index < -0.39 is 23.2 Å². The number of nitrogens with one attached hydrogen (secondary N) is 2. The predicted octanol–water partition coefficient (Wildman–Crippen LogP) is 4.93. The number of pyridine rings is 1. The lowest BCUT2D eigenvalue weighted by atomic mass is 9.93. The van der Waals surface area contributed by atoms with Crippen LogP contribution in [0.5, 0.6) is 0 Å². The Labute approximate surface area is 202 Å². The molecular weight excluding hydrogens is 478 g/mol. The quantitative estimate of drug-likeness (QED) is 0.302. The summed E-state index contributed by atoms with van der Waals surface area (Å²) in [6, 6.07) is 3.84. The molecule has 0 bridgehead atoms. The van der Waals surface area contributed by atoms with Crippen LogP contribution in [0.3, 0.4) is 0 Å². The maximum absolute atomic E-state index is 14.8. The Balaban J connectivity index is 1.67. The molecule has 4 aromatic rings. The third kappa shape index (κ3) is 4.87. The van der Waals surface area contributed by atoms with Crippen LogP contribution in [0, 0.1) is 11.6 Å². The highest BCUT2D eigenvalue weighted by Gasteiger charge is 2.21. The van der Waals surface area contributed by atoms with Crippen LogP contribution in [-0.2, 0) is 12.5 Å². The van der Waals surface area contributed by atoms with Crippen molar-refractivity contribution in [3.8, 4) is 11.1 Å². The number of nitrogens with zero attached hydrogens (tertiary/aromatic N) is 4. The molecule has 182 valence electrons. The predicted molar refractivity (Wildman–Crippen MR) is 130 cm³/mol. The first-order valence-corrected chi connectivity index (χ1v) is 11.7. The number of aromatic nitrogens is 4. The highest BCUT2D eigenvalue weighted by Crippen LogP contribution is 2.29. The molecule has 4 rings (SSSR count). The Morgan fingerprint density at radius 2 is 1.83 bits per heavy atom. The monoisotopic (exact) mass is 500 g/mol. The second-order valence-corrected chi connectivity index (χ2v) is 9.55. The maximum atomic E-state index is 14.8. The number of hydrogen-bond donors (Lipinski definition) is 2. The van der Waals surface area contributed by atoms with Gasteiger partial charge in [0.05, 0.1) is 11.3 Å². The van der Waals surface area contributed by atoms with E-state index in [1.54, 1.807) is 12.3 Å². The molecule has 3 heterocycles. The number of carbonyl (C=O) groups excluding carboxylic acids is 1. The van der Waals surface area contributed by atoms with E-state index in [-0.39, 0.29) is 28.0 Å². The van der Waals surface area contributed by atoms with E-state index in [4.69, 9.17) is 4.52 Å². The van der Waals surface area contributed by atoms with E-state index in [2.05, 4.69) is 25.8 Å². The first kappa shape index (κ1) is 24.3. The van der Waals surface area contributed by atoms with Crippen molar-refractivity contribution in [2.24, 2.45) is 7.05 Å². The van der Waals surface area contributed by atoms with Gasteiger partial charge in [-0.15, -0.1) is 0 Å². The van der Waals surface area contributed by atoms with Crippen LogP contribution < -0.4 is 16.2 Å². The Hall–Kier alpha value is -3.80. The maximum Gasteiger partial charge on any atom is 0.325 e. The van der Waals surface area contributed by atoms with Crippen molar-refractivity contribution in [1.29, 1.82) is 0 Å². The number of urea groups is 1. The summed E-state index contributed by atoms with van der Waals surface area (Å²) in [7, 11) is 1.50. The molecule has 9 nitrogen and oxygen atoms in total. The Bertz CT molecular complexity index is 1510. The Morgan fingerprint density at radius 1 is 1.09 bits per heavy atom. The van der Waals surface area contributed by atoms with E-state index in [0.717, 1.165) is 6.07 Å². The molecule has 0 spiro atoms. The average molecular weight is 501 g/mol. The molecule has 2 amide bonds. The molecule has 0 aliphatic rings. The molecule has 0 aliphatic carbocycles. The Morgan fingerprint density at radius 3 is 2.49 bits per heavy atom. The van der Waals surface area contributed by atoms with Crippen molar-refractivity contribution in [3.05, 3.63) is 58.2 Å². The number of fused-ring (bicyclic) bond motifs is 1. The van der Waals surface area contributed by atoms with Gasteiger partial charge >= 0.3 is 6.03 Å². The number of thioether (sulfide) groups is 1. The van der Waals surface area contributed by atoms with Gasteiger partial charge in [0, 0.05) is 41.7 Å². The summed E-state index contributed by atoms with van der Waals surface area (Å²) in [6.07, 6.45) is 3.33. The third-order valence-corrected chi connectivity index (χ3v) is 5.76. The highest BCUT2D eigenvalue weighted by atomic mass is 32.2. The van der Waals surface area contributed by atoms with Crippen molar-refractivity contribution < 1.29 is 18.1 Å². The van der Waals surface area contributed by atoms with Crippen LogP contribution in [0.2, 0.25) is 0 Å². The normalized spacial score (nSPS) is 11.6. The topological polar surface area (TPSA) is 115 Å². The standard InChI is InChI=1S/C23H22F2N6O3S/c1-23(2,3)17-9-18(30-34-17)28-21(33)27-16-7-12(14(24)8-15(16)25)13-6-11-10-26-22(35-5)29-19(11)31(4)20(13)32/h6-10H,1-5H3,(H2,27,28,30,33). The number of halogens is 2. The number of carbonyl (C=O) groups is 1. The van der Waals surface area contributed by atoms with Crippen LogP contribution in [0.25, 0.3) is 22.2 Å². The van der Waals surface area contributed by atoms with Gasteiger partial charge in [0.15, 0.2) is 11.0 Å². The Kier molecular flexibility index (Phi) is 6.32. The van der Waals surface area contributed by atoms with Gasteiger partial charge in [-0.05, 0) is 18.4 Å². The molecular formula is C23H22F2N6O3S. The van der Waals surface area contributed by atoms with Gasteiger partial charge in [0.25, 0.3) is 5.56 Å². The molecule has 2 N–H and O–H groups in total. The van der Waals surface area contributed by atoms with Crippen LogP contribution in [-0.4, -0.2) is 32.0 Å². The average Bonchev–Trinajstić information content (AvgIpc) is 3.27. The molecule has 35 heavy (non-hydrogen) atoms. The minimum absolute atomic E-state index is 0.0345. The summed E-state index contributed by atoms with van der Waals surface area (Å²) < 4.78 is 35.7. The van der Waals surface area contributed by atoms with Gasteiger partial charge in [0.1, 0.15) is 23.0 Å². The van der Waals surface area contributed by atoms with Gasteiger partial charge < -0.3 is 9.84 Å². The largest absolute Gasteiger partial charge is 0.359 e. The molecule has 0 radical (unpaired) electrons. The molecule has 0 unspecified atom stereocenters. The SMILES string of the molecule is CSc1ncc2cc(-c3cc(NC(=O)Nc4cc(C(C)(C)C)on4)c(F)cc3F)c(=O)n(C)c2n1. The van der Waals surface area contributed by atoms with Gasteiger partial charge in [-0.3, -0.25) is 14.7 Å². The molecule has 0 saturated heterocycles. The number of aryl methyl sites for hydroxylation is 1. The fourth-order valence-electron chi connectivity index (χ4n) is 3.33. The molecule has 12 heteroatoms. The zero-order valence-electron chi connectivity index (χ0n) is 19.6. The fourth-order valence-corrected chi connectivity index (χ4v) is 3.67. The molecule has 3 aromatic heterocycles. The first-order chi connectivity index (χ1) is 16.5. The molecule has 0 saturated carbocycles. The zero-order chi connectivity index (χ0) is 25.5. The zero-order valence-corrected chi connectivity index (χ0v) is 20.4. The molecule has 1 aromatic carbocycles. The summed E-state index contributed by atoms with van der Waals surface area (Å²) in [4.78, 5) is 33.9. The van der Waals surface area contributed by atoms with E-state index in [9.17, 15) is 18.4 Å². The fraction of sp³-hybridized carbons (Fsp3) is 0.261. The van der Waals surface area contributed by atoms with Crippen LogP contribution in [0.15, 0.2) is 44.9 Å². The number of hydrogen-bond acceptors (Lipinski definition) is 7. The lowest BCUT2D eigenvalue weighted by molar-refractivity contribution is 0.261. The minimum Gasteiger partial charge on any atom is -0.359 e. The van der Waals surface area contributed by atoms with E-state index in [0.29, 0.717) is 28.0 Å². The number of benzene rings is 1. The van der Waals surface area contributed by atoms with Gasteiger partial charge in [-0.25, -0.2) is 23.5 Å². The smallest absolute Gasteiger partial charge is 0.325 e. The van der Waals surface area contributed by atoms with Crippen molar-refractivity contribution >= 4 is 40.3 Å². The first-order valence-electron chi connectivity index (χ1n) is 10.4. The third-order valence-electron chi connectivity index (χ3n) is 5.20. The van der Waals surface area contributed by atoms with Gasteiger partial charge in [-0.2, -0.15) is 0 Å². The van der Waals surface area contributed by atoms with Crippen molar-refractivity contribution in [2.75, 3.05) is 16.9 Å². The van der Waals surface area contributed by atoms with Gasteiger partial charge in [-0.1, -0.05) is 37.7 Å². The van der Waals surface area contributed by atoms with Crippen molar-refractivity contribution in [1.82, 2.24) is 19.7 Å². The summed E-state index contributed by atoms with van der Waals surface area (Å²) in [5.41, 5.74) is -1.03. The summed E-state index contributed by atoms with van der Waals surface area (Å²) >= 11 is 1.32. The lowest BCUT2D eigenvalue weighted by Crippen LogP contribution is -2.22. The minimum atomic E-state index is -1.01. The van der Waals surface area contributed by atoms with E-state index >= 15 is 0 Å². The number of anilines is 2. The number of amides is 2. The van der Waals surface area contributed by atoms with Crippen molar-refractivity contribution in [3.63, 3.8) is 0 Å². The van der Waals surface area contributed by atoms with Gasteiger partial charge in [0.2, 0.25) is 0 Å². The lowest BCUT2D eigenvalue weighted by Gasteiger charge is -2.12. The van der Waals surface area contributed by atoms with E-state index in [1.165, 1.54) is 35.6 Å². The van der Waals surface area contributed by atoms with E-state index in [1.807, 2.05) is 20.8 Å². The molecule has 0 atom stereocenters. The number of rotatable bonds is 4. The molecule has 0 fully saturated rings. The van der Waals surface area contributed by atoms with Crippen LogP contribution in [0.1, 0.15) is 26.5 Å². The van der Waals surface area contributed by atoms with Crippen LogP contribution >= 0.6 is 11.8 Å². The summed E-state index contributed by atoms with van der Waals surface area (Å²) in [5.74, 6) is -1.30. The molecule has 0 aliphatic heterocycles. The van der Waals surface area contributed by atoms with Crippen molar-refractivity contribution in [2.45, 2.75) is 31.3 Å². The second kappa shape index (κ2) is 9.10. The highest BCUT2D eigenvalue weighted by molar-refractivity contribution is 7.98. The second-order valence-electron chi connectivity index (χ2n) is 8.78. The summed E-state index contributed by atoms with van der Waals surface area (Å²) in [6.45, 7) is 5.74.